The number of benzene rings is 3. The molecule has 2 N–H and O–H groups in total. The van der Waals surface area contributed by atoms with E-state index in [1.165, 1.54) is 10.9 Å². The quantitative estimate of drug-likeness (QED) is 0.774. The molecule has 3 rings (SSSR count). The van der Waals surface area contributed by atoms with E-state index >= 15 is 0 Å². The second-order valence-corrected chi connectivity index (χ2v) is 6.02. The molecule has 0 aliphatic carbocycles. The van der Waals surface area contributed by atoms with Gasteiger partial charge in [0.1, 0.15) is 5.78 Å². The van der Waals surface area contributed by atoms with Gasteiger partial charge in [0, 0.05) is 13.0 Å². The van der Waals surface area contributed by atoms with Gasteiger partial charge < -0.3 is 5.73 Å². The zero-order valence-electron chi connectivity index (χ0n) is 13.3. The van der Waals surface area contributed by atoms with Gasteiger partial charge in [-0.25, -0.2) is 0 Å². The summed E-state index contributed by atoms with van der Waals surface area (Å²) in [5, 5.41) is 2.36. The Morgan fingerprint density at radius 2 is 1.65 bits per heavy atom. The van der Waals surface area contributed by atoms with Gasteiger partial charge in [-0.05, 0) is 28.8 Å². The molecule has 0 spiro atoms. The maximum absolute atomic E-state index is 12.7. The van der Waals surface area contributed by atoms with Gasteiger partial charge in [0.25, 0.3) is 0 Å². The molecule has 116 valence electrons. The summed E-state index contributed by atoms with van der Waals surface area (Å²) in [6, 6.07) is 22.5. The first kappa shape index (κ1) is 15.4. The summed E-state index contributed by atoms with van der Waals surface area (Å²) in [4.78, 5) is 12.7. The number of rotatable bonds is 5. The van der Waals surface area contributed by atoms with E-state index in [4.69, 9.17) is 5.73 Å². The Labute approximate surface area is 136 Å². The number of carbonyl (C=O) groups is 1. The van der Waals surface area contributed by atoms with Crippen molar-refractivity contribution in [2.24, 2.45) is 5.73 Å². The molecule has 0 amide bonds. The van der Waals surface area contributed by atoms with Crippen LogP contribution in [0.15, 0.2) is 66.7 Å². The van der Waals surface area contributed by atoms with Crippen molar-refractivity contribution in [3.63, 3.8) is 0 Å². The summed E-state index contributed by atoms with van der Waals surface area (Å²) in [5.74, 6) is -0.0614. The van der Waals surface area contributed by atoms with Crippen molar-refractivity contribution in [2.75, 3.05) is 6.54 Å². The highest BCUT2D eigenvalue weighted by Crippen LogP contribution is 2.21. The fraction of sp³-hybridized carbons (Fsp3) is 0.190. The molecule has 0 aliphatic heterocycles. The fourth-order valence-corrected chi connectivity index (χ4v) is 2.93. The SMILES string of the molecule is Cc1ccc([C@@H](CN)C(=O)Cc2ccc3ccccc3c2)cc1. The first-order valence-electron chi connectivity index (χ1n) is 7.94. The summed E-state index contributed by atoms with van der Waals surface area (Å²) in [7, 11) is 0. The van der Waals surface area contributed by atoms with Gasteiger partial charge in [0.2, 0.25) is 0 Å². The van der Waals surface area contributed by atoms with E-state index in [0.29, 0.717) is 13.0 Å². The van der Waals surface area contributed by atoms with E-state index < -0.39 is 0 Å². The average Bonchev–Trinajstić information content (AvgIpc) is 2.57. The average molecular weight is 303 g/mol. The molecule has 2 heteroatoms. The highest BCUT2D eigenvalue weighted by Gasteiger charge is 2.19. The van der Waals surface area contributed by atoms with Gasteiger partial charge in [-0.1, -0.05) is 72.3 Å². The molecule has 0 radical (unpaired) electrons. The monoisotopic (exact) mass is 303 g/mol. The number of nitrogens with two attached hydrogens (primary N) is 1. The van der Waals surface area contributed by atoms with Gasteiger partial charge in [-0.3, -0.25) is 4.79 Å². The van der Waals surface area contributed by atoms with Crippen LogP contribution >= 0.6 is 0 Å². The molecular weight excluding hydrogens is 282 g/mol. The molecule has 0 unspecified atom stereocenters. The van der Waals surface area contributed by atoms with Crippen LogP contribution in [0.3, 0.4) is 0 Å². The van der Waals surface area contributed by atoms with E-state index in [1.54, 1.807) is 0 Å². The van der Waals surface area contributed by atoms with Crippen LogP contribution < -0.4 is 5.73 Å². The van der Waals surface area contributed by atoms with Gasteiger partial charge in [-0.2, -0.15) is 0 Å². The predicted molar refractivity (Wildman–Crippen MR) is 95.6 cm³/mol. The van der Waals surface area contributed by atoms with Crippen molar-refractivity contribution in [3.8, 4) is 0 Å². The zero-order valence-corrected chi connectivity index (χ0v) is 13.3. The summed E-state index contributed by atoms with van der Waals surface area (Å²) >= 11 is 0. The van der Waals surface area contributed by atoms with Crippen molar-refractivity contribution in [1.29, 1.82) is 0 Å². The number of hydrogen-bond acceptors (Lipinski definition) is 2. The lowest BCUT2D eigenvalue weighted by Gasteiger charge is -2.15. The standard InChI is InChI=1S/C21H21NO/c1-15-6-9-18(10-7-15)20(14-22)21(23)13-16-8-11-17-4-2-3-5-19(17)12-16/h2-12,20H,13-14,22H2,1H3/t20-/m1/s1. The van der Waals surface area contributed by atoms with Gasteiger partial charge >= 0.3 is 0 Å². The van der Waals surface area contributed by atoms with Gasteiger partial charge in [-0.15, -0.1) is 0 Å². The summed E-state index contributed by atoms with van der Waals surface area (Å²) in [5.41, 5.74) is 9.10. The Morgan fingerprint density at radius 3 is 2.35 bits per heavy atom. The van der Waals surface area contributed by atoms with Gasteiger partial charge in [0.15, 0.2) is 0 Å². The first-order valence-corrected chi connectivity index (χ1v) is 7.94. The third kappa shape index (κ3) is 3.49. The highest BCUT2D eigenvalue weighted by molar-refractivity contribution is 5.90. The van der Waals surface area contributed by atoms with Crippen LogP contribution in [0, 0.1) is 6.92 Å². The molecule has 3 aromatic carbocycles. The minimum Gasteiger partial charge on any atom is -0.329 e. The molecule has 0 heterocycles. The summed E-state index contributed by atoms with van der Waals surface area (Å²) < 4.78 is 0. The number of ketones is 1. The molecule has 1 atom stereocenters. The Hall–Kier alpha value is -2.45. The van der Waals surface area contributed by atoms with E-state index in [1.807, 2.05) is 49.4 Å². The van der Waals surface area contributed by atoms with Crippen LogP contribution in [0.25, 0.3) is 10.8 Å². The molecule has 3 aromatic rings. The molecule has 0 aromatic heterocycles. The van der Waals surface area contributed by atoms with E-state index in [2.05, 4.69) is 24.3 Å². The Balaban J connectivity index is 1.81. The van der Waals surface area contributed by atoms with Crippen LogP contribution in [-0.2, 0) is 11.2 Å². The second kappa shape index (κ2) is 6.76. The van der Waals surface area contributed by atoms with E-state index in [9.17, 15) is 4.79 Å². The molecule has 0 bridgehead atoms. The van der Waals surface area contributed by atoms with Crippen LogP contribution in [0.5, 0.6) is 0 Å². The Bertz CT molecular complexity index is 821. The molecule has 0 saturated heterocycles. The minimum absolute atomic E-state index is 0.173. The highest BCUT2D eigenvalue weighted by atomic mass is 16.1. The summed E-state index contributed by atoms with van der Waals surface area (Å²) in [6.45, 7) is 2.38. The lowest BCUT2D eigenvalue weighted by Crippen LogP contribution is -2.23. The maximum atomic E-state index is 12.7. The lowest BCUT2D eigenvalue weighted by molar-refractivity contribution is -0.119. The molecular formula is C21H21NO. The topological polar surface area (TPSA) is 43.1 Å². The first-order chi connectivity index (χ1) is 11.2. The normalized spacial score (nSPS) is 12.3. The third-order valence-electron chi connectivity index (χ3n) is 4.30. The molecule has 0 aliphatic rings. The Kier molecular flexibility index (Phi) is 4.54. The van der Waals surface area contributed by atoms with Crippen molar-refractivity contribution in [1.82, 2.24) is 0 Å². The summed E-state index contributed by atoms with van der Waals surface area (Å²) in [6.07, 6.45) is 0.417. The number of hydrogen-bond donors (Lipinski definition) is 1. The van der Waals surface area contributed by atoms with E-state index in [0.717, 1.165) is 16.5 Å². The molecule has 23 heavy (non-hydrogen) atoms. The fourth-order valence-electron chi connectivity index (χ4n) is 2.93. The Morgan fingerprint density at radius 1 is 0.957 bits per heavy atom. The smallest absolute Gasteiger partial charge is 0.145 e. The number of fused-ring (bicyclic) bond motifs is 1. The van der Waals surface area contributed by atoms with Crippen LogP contribution in [0.1, 0.15) is 22.6 Å². The lowest BCUT2D eigenvalue weighted by atomic mass is 9.90. The molecule has 0 saturated carbocycles. The largest absolute Gasteiger partial charge is 0.329 e. The van der Waals surface area contributed by atoms with Crippen molar-refractivity contribution < 1.29 is 4.79 Å². The minimum atomic E-state index is -0.234. The van der Waals surface area contributed by atoms with Crippen LogP contribution in [0.4, 0.5) is 0 Å². The van der Waals surface area contributed by atoms with Crippen LogP contribution in [0.2, 0.25) is 0 Å². The van der Waals surface area contributed by atoms with Crippen molar-refractivity contribution in [3.05, 3.63) is 83.4 Å². The van der Waals surface area contributed by atoms with Gasteiger partial charge in [0.05, 0.1) is 5.92 Å². The third-order valence-corrected chi connectivity index (χ3v) is 4.30. The molecule has 2 nitrogen and oxygen atoms in total. The van der Waals surface area contributed by atoms with E-state index in [-0.39, 0.29) is 11.7 Å². The number of aryl methyl sites for hydroxylation is 1. The predicted octanol–water partition coefficient (Wildman–Crippen LogP) is 4.00. The zero-order chi connectivity index (χ0) is 16.2. The molecule has 0 fully saturated rings. The number of Topliss-reactive ketones (excluding diaryl/α,β-unsaturated/α-hetero) is 1. The van der Waals surface area contributed by atoms with Crippen molar-refractivity contribution >= 4 is 16.6 Å². The maximum Gasteiger partial charge on any atom is 0.145 e. The second-order valence-electron chi connectivity index (χ2n) is 6.02. The van der Waals surface area contributed by atoms with Crippen molar-refractivity contribution in [2.45, 2.75) is 19.3 Å². The van der Waals surface area contributed by atoms with Crippen LogP contribution in [-0.4, -0.2) is 12.3 Å². The number of carbonyl (C=O) groups excluding carboxylic acids is 1.